The first-order chi connectivity index (χ1) is 4.83. The molecule has 0 saturated heterocycles. The Morgan fingerprint density at radius 1 is 1.55 bits per heavy atom. The van der Waals surface area contributed by atoms with Crippen molar-refractivity contribution in [1.29, 1.82) is 0 Å². The van der Waals surface area contributed by atoms with E-state index in [2.05, 4.69) is 38.7 Å². The molecule has 0 spiro atoms. The normalized spacial score (nSPS) is 14.3. The number of amides is 1. The lowest BCUT2D eigenvalue weighted by atomic mass is 9.97. The third-order valence-electron chi connectivity index (χ3n) is 1.17. The van der Waals surface area contributed by atoms with E-state index in [1.165, 1.54) is 0 Å². The first kappa shape index (κ1) is 10.8. The summed E-state index contributed by atoms with van der Waals surface area (Å²) in [4.78, 5) is 11.0. The SMILES string of the molecule is CC(S)C(=O)NCC(C)(C)C. The summed E-state index contributed by atoms with van der Waals surface area (Å²) in [7, 11) is 0. The average Bonchev–Trinajstić information content (AvgIpc) is 1.80. The second-order valence-electron chi connectivity index (χ2n) is 3.95. The molecular formula is C8H17NOS. The highest BCUT2D eigenvalue weighted by Gasteiger charge is 2.13. The van der Waals surface area contributed by atoms with Crippen LogP contribution in [-0.2, 0) is 4.79 Å². The molecule has 0 aliphatic heterocycles. The maximum absolute atomic E-state index is 11.0. The van der Waals surface area contributed by atoms with Gasteiger partial charge in [0, 0.05) is 6.54 Å². The molecule has 2 nitrogen and oxygen atoms in total. The molecule has 0 radical (unpaired) electrons. The van der Waals surface area contributed by atoms with Crippen molar-refractivity contribution >= 4 is 18.5 Å². The zero-order valence-electron chi connectivity index (χ0n) is 7.64. The van der Waals surface area contributed by atoms with Crippen LogP contribution in [0, 0.1) is 5.41 Å². The lowest BCUT2D eigenvalue weighted by molar-refractivity contribution is -0.120. The Labute approximate surface area is 74.2 Å². The van der Waals surface area contributed by atoms with Gasteiger partial charge in [-0.25, -0.2) is 0 Å². The topological polar surface area (TPSA) is 29.1 Å². The monoisotopic (exact) mass is 175 g/mol. The van der Waals surface area contributed by atoms with E-state index >= 15 is 0 Å². The van der Waals surface area contributed by atoms with Gasteiger partial charge in [-0.2, -0.15) is 12.6 Å². The van der Waals surface area contributed by atoms with Gasteiger partial charge in [0.05, 0.1) is 5.25 Å². The standard InChI is InChI=1S/C8H17NOS/c1-6(11)7(10)9-5-8(2,3)4/h6,11H,5H2,1-4H3,(H,9,10). The van der Waals surface area contributed by atoms with Crippen molar-refractivity contribution in [3.8, 4) is 0 Å². The molecule has 0 aliphatic rings. The number of hydrogen-bond acceptors (Lipinski definition) is 2. The summed E-state index contributed by atoms with van der Waals surface area (Å²) in [6, 6.07) is 0. The first-order valence-electron chi connectivity index (χ1n) is 3.79. The summed E-state index contributed by atoms with van der Waals surface area (Å²) in [6.45, 7) is 8.71. The molecule has 0 heterocycles. The van der Waals surface area contributed by atoms with Crippen LogP contribution in [0.3, 0.4) is 0 Å². The Hall–Kier alpha value is -0.180. The molecule has 1 unspecified atom stereocenters. The summed E-state index contributed by atoms with van der Waals surface area (Å²) in [5.41, 5.74) is 0.151. The highest BCUT2D eigenvalue weighted by Crippen LogP contribution is 2.10. The number of thiol groups is 1. The maximum Gasteiger partial charge on any atom is 0.232 e. The molecule has 1 N–H and O–H groups in total. The minimum atomic E-state index is -0.211. The maximum atomic E-state index is 11.0. The van der Waals surface area contributed by atoms with Crippen molar-refractivity contribution in [2.75, 3.05) is 6.54 Å². The Morgan fingerprint density at radius 3 is 2.27 bits per heavy atom. The zero-order chi connectivity index (χ0) is 9.07. The van der Waals surface area contributed by atoms with Crippen molar-refractivity contribution < 1.29 is 4.79 Å². The second kappa shape index (κ2) is 4.00. The molecule has 1 amide bonds. The minimum Gasteiger partial charge on any atom is -0.355 e. The lowest BCUT2D eigenvalue weighted by Gasteiger charge is -2.19. The third kappa shape index (κ3) is 6.23. The fraction of sp³-hybridized carbons (Fsp3) is 0.875. The van der Waals surface area contributed by atoms with Crippen LogP contribution in [0.5, 0.6) is 0 Å². The van der Waals surface area contributed by atoms with E-state index in [-0.39, 0.29) is 16.6 Å². The van der Waals surface area contributed by atoms with E-state index in [9.17, 15) is 4.79 Å². The number of nitrogens with one attached hydrogen (secondary N) is 1. The largest absolute Gasteiger partial charge is 0.355 e. The van der Waals surface area contributed by atoms with Crippen LogP contribution < -0.4 is 5.32 Å². The highest BCUT2D eigenvalue weighted by molar-refractivity contribution is 7.81. The summed E-state index contributed by atoms with van der Waals surface area (Å²) in [5.74, 6) is 0.00302. The van der Waals surface area contributed by atoms with Gasteiger partial charge in [0.25, 0.3) is 0 Å². The van der Waals surface area contributed by atoms with Gasteiger partial charge in [-0.1, -0.05) is 20.8 Å². The van der Waals surface area contributed by atoms with Gasteiger partial charge < -0.3 is 5.32 Å². The smallest absolute Gasteiger partial charge is 0.232 e. The fourth-order valence-corrected chi connectivity index (χ4v) is 0.591. The zero-order valence-corrected chi connectivity index (χ0v) is 8.53. The lowest BCUT2D eigenvalue weighted by Crippen LogP contribution is -2.36. The summed E-state index contributed by atoms with van der Waals surface area (Å²) in [5, 5.41) is 2.60. The first-order valence-corrected chi connectivity index (χ1v) is 4.30. The molecule has 11 heavy (non-hydrogen) atoms. The molecular weight excluding hydrogens is 158 g/mol. The van der Waals surface area contributed by atoms with Gasteiger partial charge in [0.1, 0.15) is 0 Å². The molecule has 0 rings (SSSR count). The van der Waals surface area contributed by atoms with E-state index in [0.717, 1.165) is 0 Å². The number of carbonyl (C=O) groups excluding carboxylic acids is 1. The van der Waals surface area contributed by atoms with Gasteiger partial charge in [0.2, 0.25) is 5.91 Å². The molecule has 3 heteroatoms. The van der Waals surface area contributed by atoms with Gasteiger partial charge in [-0.3, -0.25) is 4.79 Å². The number of hydrogen-bond donors (Lipinski definition) is 2. The average molecular weight is 175 g/mol. The molecule has 0 saturated carbocycles. The molecule has 0 bridgehead atoms. The molecule has 66 valence electrons. The summed E-state index contributed by atoms with van der Waals surface area (Å²) in [6.07, 6.45) is 0. The van der Waals surface area contributed by atoms with E-state index in [1.807, 2.05) is 0 Å². The van der Waals surface area contributed by atoms with Gasteiger partial charge in [0.15, 0.2) is 0 Å². The minimum absolute atomic E-state index is 0.00302. The fourth-order valence-electron chi connectivity index (χ4n) is 0.500. The van der Waals surface area contributed by atoms with Crippen LogP contribution in [-0.4, -0.2) is 17.7 Å². The second-order valence-corrected chi connectivity index (χ2v) is 4.73. The van der Waals surface area contributed by atoms with E-state index in [4.69, 9.17) is 0 Å². The van der Waals surface area contributed by atoms with Crippen molar-refractivity contribution in [2.24, 2.45) is 5.41 Å². The summed E-state index contributed by atoms with van der Waals surface area (Å²) < 4.78 is 0. The van der Waals surface area contributed by atoms with Gasteiger partial charge in [-0.15, -0.1) is 0 Å². The van der Waals surface area contributed by atoms with E-state index in [1.54, 1.807) is 6.92 Å². The van der Waals surface area contributed by atoms with E-state index < -0.39 is 0 Å². The Morgan fingerprint density at radius 2 is 2.00 bits per heavy atom. The summed E-state index contributed by atoms with van der Waals surface area (Å²) >= 11 is 4.01. The molecule has 1 atom stereocenters. The quantitative estimate of drug-likeness (QED) is 0.611. The van der Waals surface area contributed by atoms with Crippen LogP contribution in [0.2, 0.25) is 0 Å². The Kier molecular flexibility index (Phi) is 3.93. The van der Waals surface area contributed by atoms with Crippen molar-refractivity contribution in [1.82, 2.24) is 5.32 Å². The Balaban J connectivity index is 3.64. The van der Waals surface area contributed by atoms with Crippen LogP contribution in [0.15, 0.2) is 0 Å². The van der Waals surface area contributed by atoms with Crippen LogP contribution in [0.4, 0.5) is 0 Å². The predicted molar refractivity (Wildman–Crippen MR) is 50.9 cm³/mol. The molecule has 0 aliphatic carbocycles. The van der Waals surface area contributed by atoms with Crippen LogP contribution >= 0.6 is 12.6 Å². The van der Waals surface area contributed by atoms with Crippen LogP contribution in [0.1, 0.15) is 27.7 Å². The van der Waals surface area contributed by atoms with Gasteiger partial charge >= 0.3 is 0 Å². The molecule has 0 fully saturated rings. The van der Waals surface area contributed by atoms with Crippen LogP contribution in [0.25, 0.3) is 0 Å². The predicted octanol–water partition coefficient (Wildman–Crippen LogP) is 1.47. The van der Waals surface area contributed by atoms with Crippen molar-refractivity contribution in [2.45, 2.75) is 32.9 Å². The van der Waals surface area contributed by atoms with E-state index in [0.29, 0.717) is 6.54 Å². The highest BCUT2D eigenvalue weighted by atomic mass is 32.1. The van der Waals surface area contributed by atoms with Gasteiger partial charge in [-0.05, 0) is 12.3 Å². The third-order valence-corrected chi connectivity index (χ3v) is 1.41. The number of carbonyl (C=O) groups is 1. The van der Waals surface area contributed by atoms with Crippen molar-refractivity contribution in [3.05, 3.63) is 0 Å². The molecule has 0 aromatic rings. The number of rotatable bonds is 2. The molecule has 0 aromatic heterocycles. The molecule has 0 aromatic carbocycles. The van der Waals surface area contributed by atoms with Crippen molar-refractivity contribution in [3.63, 3.8) is 0 Å². The Bertz CT molecular complexity index is 138.